The second kappa shape index (κ2) is 7.22. The van der Waals surface area contributed by atoms with Gasteiger partial charge in [0.2, 0.25) is 0 Å². The number of benzene rings is 1. The summed E-state index contributed by atoms with van der Waals surface area (Å²) in [6.07, 6.45) is 0. The molecular formula is C17H23NO4. The topological polar surface area (TPSA) is 52.9 Å². The summed E-state index contributed by atoms with van der Waals surface area (Å²) in [5, 5.41) is 3.42. The predicted molar refractivity (Wildman–Crippen MR) is 84.8 cm³/mol. The number of hydrogen-bond donors (Lipinski definition) is 1. The molecule has 2 aromatic rings. The van der Waals surface area contributed by atoms with Crippen molar-refractivity contribution in [3.05, 3.63) is 41.3 Å². The van der Waals surface area contributed by atoms with Gasteiger partial charge in [0.15, 0.2) is 11.5 Å². The minimum absolute atomic E-state index is 0.103. The number of hydrogen-bond acceptors (Lipinski definition) is 5. The molecule has 1 heterocycles. The van der Waals surface area contributed by atoms with Gasteiger partial charge < -0.3 is 23.9 Å². The van der Waals surface area contributed by atoms with Gasteiger partial charge in [0, 0.05) is 18.2 Å². The highest BCUT2D eigenvalue weighted by Crippen LogP contribution is 2.34. The van der Waals surface area contributed by atoms with Crippen molar-refractivity contribution in [2.24, 2.45) is 0 Å². The van der Waals surface area contributed by atoms with Crippen molar-refractivity contribution in [2.45, 2.75) is 26.4 Å². The Morgan fingerprint density at radius 1 is 1.00 bits per heavy atom. The summed E-state index contributed by atoms with van der Waals surface area (Å²) in [6.45, 7) is 4.63. The normalized spacial score (nSPS) is 12.0. The molecule has 2 rings (SSSR count). The summed E-state index contributed by atoms with van der Waals surface area (Å²) in [4.78, 5) is 0. The highest BCUT2D eigenvalue weighted by atomic mass is 16.5. The maximum Gasteiger partial charge on any atom is 0.164 e. The van der Waals surface area contributed by atoms with E-state index in [-0.39, 0.29) is 6.04 Å². The van der Waals surface area contributed by atoms with Gasteiger partial charge in [-0.1, -0.05) is 0 Å². The van der Waals surface area contributed by atoms with Crippen molar-refractivity contribution in [3.63, 3.8) is 0 Å². The molecule has 0 saturated heterocycles. The van der Waals surface area contributed by atoms with Crippen molar-refractivity contribution >= 4 is 0 Å². The first kappa shape index (κ1) is 16.2. The molecule has 120 valence electrons. The number of aryl methyl sites for hydroxylation is 1. The maximum atomic E-state index is 5.63. The first-order valence-electron chi connectivity index (χ1n) is 7.17. The fourth-order valence-electron chi connectivity index (χ4n) is 2.28. The van der Waals surface area contributed by atoms with E-state index in [0.29, 0.717) is 18.0 Å². The summed E-state index contributed by atoms with van der Waals surface area (Å²) in [7, 11) is 4.87. The van der Waals surface area contributed by atoms with Gasteiger partial charge in [-0.2, -0.15) is 0 Å². The van der Waals surface area contributed by atoms with Gasteiger partial charge in [-0.15, -0.1) is 0 Å². The molecule has 1 aromatic carbocycles. The van der Waals surface area contributed by atoms with E-state index >= 15 is 0 Å². The molecule has 5 nitrogen and oxygen atoms in total. The molecule has 0 aliphatic carbocycles. The van der Waals surface area contributed by atoms with Crippen LogP contribution in [0.25, 0.3) is 0 Å². The number of nitrogens with one attached hydrogen (secondary N) is 1. The maximum absolute atomic E-state index is 5.63. The van der Waals surface area contributed by atoms with E-state index in [4.69, 9.17) is 18.6 Å². The van der Waals surface area contributed by atoms with E-state index in [2.05, 4.69) is 12.2 Å². The van der Waals surface area contributed by atoms with Crippen LogP contribution in [-0.2, 0) is 6.54 Å². The second-order valence-corrected chi connectivity index (χ2v) is 5.07. The molecule has 0 fully saturated rings. The van der Waals surface area contributed by atoms with E-state index in [1.165, 1.54) is 0 Å². The minimum Gasteiger partial charge on any atom is -0.496 e. The van der Waals surface area contributed by atoms with E-state index in [9.17, 15) is 0 Å². The van der Waals surface area contributed by atoms with Gasteiger partial charge >= 0.3 is 0 Å². The molecule has 5 heteroatoms. The second-order valence-electron chi connectivity index (χ2n) is 5.07. The van der Waals surface area contributed by atoms with E-state index < -0.39 is 0 Å². The number of ether oxygens (including phenoxy) is 3. The number of furan rings is 1. The third-order valence-electron chi connectivity index (χ3n) is 3.57. The average Bonchev–Trinajstić information content (AvgIpc) is 2.98. The summed E-state index contributed by atoms with van der Waals surface area (Å²) in [6, 6.07) is 7.80. The lowest BCUT2D eigenvalue weighted by Crippen LogP contribution is -2.18. The molecular weight excluding hydrogens is 282 g/mol. The third kappa shape index (κ3) is 3.54. The van der Waals surface area contributed by atoms with Gasteiger partial charge in [0.1, 0.15) is 17.3 Å². The van der Waals surface area contributed by atoms with E-state index in [1.807, 2.05) is 31.2 Å². The molecule has 1 unspecified atom stereocenters. The fraction of sp³-hybridized carbons (Fsp3) is 0.412. The quantitative estimate of drug-likeness (QED) is 0.849. The lowest BCUT2D eigenvalue weighted by atomic mass is 10.1. The molecule has 0 bridgehead atoms. The standard InChI is InChI=1S/C17H23NO4/c1-11-6-7-14(22-11)12(2)18-10-13-8-16(20-4)17(21-5)9-15(13)19-3/h6-9,12,18H,10H2,1-5H3. The monoisotopic (exact) mass is 305 g/mol. The van der Waals surface area contributed by atoms with Crippen molar-refractivity contribution in [1.82, 2.24) is 5.32 Å². The van der Waals surface area contributed by atoms with Gasteiger partial charge in [0.05, 0.1) is 27.4 Å². The predicted octanol–water partition coefficient (Wildman–Crippen LogP) is 3.46. The molecule has 1 atom stereocenters. The van der Waals surface area contributed by atoms with Crippen LogP contribution in [0.4, 0.5) is 0 Å². The molecule has 0 saturated carbocycles. The summed E-state index contributed by atoms with van der Waals surface area (Å²) in [5.41, 5.74) is 0.996. The van der Waals surface area contributed by atoms with Gasteiger partial charge in [-0.3, -0.25) is 0 Å². The third-order valence-corrected chi connectivity index (χ3v) is 3.57. The molecule has 1 aromatic heterocycles. The number of rotatable bonds is 7. The molecule has 22 heavy (non-hydrogen) atoms. The van der Waals surface area contributed by atoms with Crippen LogP contribution < -0.4 is 19.5 Å². The Morgan fingerprint density at radius 2 is 1.64 bits per heavy atom. The van der Waals surface area contributed by atoms with Crippen molar-refractivity contribution in [3.8, 4) is 17.2 Å². The Morgan fingerprint density at radius 3 is 2.18 bits per heavy atom. The molecule has 1 N–H and O–H groups in total. The SMILES string of the molecule is COc1cc(OC)c(OC)cc1CNC(C)c1ccc(C)o1. The smallest absolute Gasteiger partial charge is 0.164 e. The van der Waals surface area contributed by atoms with Crippen molar-refractivity contribution in [2.75, 3.05) is 21.3 Å². The number of methoxy groups -OCH3 is 3. The van der Waals surface area contributed by atoms with Crippen molar-refractivity contribution < 1.29 is 18.6 Å². The highest BCUT2D eigenvalue weighted by Gasteiger charge is 2.14. The molecule has 0 aliphatic heterocycles. The lowest BCUT2D eigenvalue weighted by Gasteiger charge is -2.16. The van der Waals surface area contributed by atoms with Crippen molar-refractivity contribution in [1.29, 1.82) is 0 Å². The Kier molecular flexibility index (Phi) is 5.33. The largest absolute Gasteiger partial charge is 0.496 e. The van der Waals surface area contributed by atoms with Crippen LogP contribution in [0.5, 0.6) is 17.2 Å². The Labute approximate surface area is 131 Å². The van der Waals surface area contributed by atoms with E-state index in [1.54, 1.807) is 21.3 Å². The first-order valence-corrected chi connectivity index (χ1v) is 7.17. The zero-order chi connectivity index (χ0) is 16.1. The van der Waals surface area contributed by atoms with Gasteiger partial charge in [0.25, 0.3) is 0 Å². The molecule has 0 spiro atoms. The Balaban J connectivity index is 2.14. The average molecular weight is 305 g/mol. The summed E-state index contributed by atoms with van der Waals surface area (Å²) in [5.74, 6) is 3.91. The van der Waals surface area contributed by atoms with Crippen LogP contribution in [0, 0.1) is 6.92 Å². The van der Waals surface area contributed by atoms with Gasteiger partial charge in [-0.05, 0) is 32.0 Å². The van der Waals surface area contributed by atoms with Crippen LogP contribution in [0.15, 0.2) is 28.7 Å². The molecule has 0 amide bonds. The van der Waals surface area contributed by atoms with Crippen LogP contribution in [0.2, 0.25) is 0 Å². The van der Waals surface area contributed by atoms with Gasteiger partial charge in [-0.25, -0.2) is 0 Å². The van der Waals surface area contributed by atoms with Crippen LogP contribution in [-0.4, -0.2) is 21.3 Å². The molecule has 0 radical (unpaired) electrons. The zero-order valence-electron chi connectivity index (χ0n) is 13.7. The minimum atomic E-state index is 0.103. The van der Waals surface area contributed by atoms with Crippen LogP contribution >= 0.6 is 0 Å². The summed E-state index contributed by atoms with van der Waals surface area (Å²) >= 11 is 0. The summed E-state index contributed by atoms with van der Waals surface area (Å²) < 4.78 is 21.7. The van der Waals surface area contributed by atoms with Crippen LogP contribution in [0.3, 0.4) is 0 Å². The molecule has 0 aliphatic rings. The van der Waals surface area contributed by atoms with Crippen LogP contribution in [0.1, 0.15) is 30.0 Å². The fourth-order valence-corrected chi connectivity index (χ4v) is 2.28. The first-order chi connectivity index (χ1) is 10.6. The van der Waals surface area contributed by atoms with E-state index in [0.717, 1.165) is 22.8 Å². The lowest BCUT2D eigenvalue weighted by molar-refractivity contribution is 0.346. The Hall–Kier alpha value is -2.14. The Bertz CT molecular complexity index is 621. The highest BCUT2D eigenvalue weighted by molar-refractivity contribution is 5.50. The zero-order valence-corrected chi connectivity index (χ0v) is 13.7.